The normalized spacial score (nSPS) is 10.2. The van der Waals surface area contributed by atoms with Gasteiger partial charge in [0.1, 0.15) is 17.5 Å². The predicted molar refractivity (Wildman–Crippen MR) is 73.5 cm³/mol. The first-order valence-electron chi connectivity index (χ1n) is 6.28. The molecule has 3 nitrogen and oxygen atoms in total. The molecule has 2 amide bonds. The van der Waals surface area contributed by atoms with Crippen LogP contribution in [0.4, 0.5) is 23.7 Å². The number of amides is 2. The fraction of sp³-hybridized carbons (Fsp3) is 0.133. The SMILES string of the molecule is O=C(NCCc1ccc(F)cc1)Nc1cc(F)cc(F)c1. The molecule has 0 heterocycles. The van der Waals surface area contributed by atoms with Gasteiger partial charge in [0.05, 0.1) is 0 Å². The zero-order valence-electron chi connectivity index (χ0n) is 11.0. The van der Waals surface area contributed by atoms with E-state index in [1.54, 1.807) is 12.1 Å². The summed E-state index contributed by atoms with van der Waals surface area (Å²) in [5.74, 6) is -1.86. The molecule has 2 rings (SSSR count). The number of urea groups is 1. The van der Waals surface area contributed by atoms with Gasteiger partial charge in [0, 0.05) is 18.3 Å². The molecule has 0 aliphatic rings. The van der Waals surface area contributed by atoms with Crippen LogP contribution in [0.1, 0.15) is 5.56 Å². The zero-order valence-corrected chi connectivity index (χ0v) is 11.0. The molecule has 2 aromatic rings. The third kappa shape index (κ3) is 4.83. The van der Waals surface area contributed by atoms with Crippen molar-refractivity contribution in [3.05, 3.63) is 65.5 Å². The molecule has 0 spiro atoms. The van der Waals surface area contributed by atoms with Gasteiger partial charge >= 0.3 is 6.03 Å². The number of carbonyl (C=O) groups is 1. The van der Waals surface area contributed by atoms with Crippen LogP contribution in [-0.2, 0) is 6.42 Å². The van der Waals surface area contributed by atoms with Crippen LogP contribution < -0.4 is 10.6 Å². The fourth-order valence-electron chi connectivity index (χ4n) is 1.77. The van der Waals surface area contributed by atoms with E-state index in [2.05, 4.69) is 10.6 Å². The minimum absolute atomic E-state index is 0.0341. The monoisotopic (exact) mass is 294 g/mol. The maximum Gasteiger partial charge on any atom is 0.319 e. The smallest absolute Gasteiger partial charge is 0.319 e. The Bertz CT molecular complexity index is 609. The van der Waals surface area contributed by atoms with Gasteiger partial charge in [-0.15, -0.1) is 0 Å². The molecule has 0 fully saturated rings. The lowest BCUT2D eigenvalue weighted by atomic mass is 10.1. The van der Waals surface area contributed by atoms with E-state index in [0.717, 1.165) is 23.8 Å². The van der Waals surface area contributed by atoms with Gasteiger partial charge < -0.3 is 10.6 Å². The van der Waals surface area contributed by atoms with Crippen LogP contribution in [0.2, 0.25) is 0 Å². The molecule has 110 valence electrons. The van der Waals surface area contributed by atoms with Crippen LogP contribution in [0, 0.1) is 17.5 Å². The molecule has 0 aromatic heterocycles. The van der Waals surface area contributed by atoms with E-state index in [4.69, 9.17) is 0 Å². The van der Waals surface area contributed by atoms with Gasteiger partial charge in [0.25, 0.3) is 0 Å². The zero-order chi connectivity index (χ0) is 15.2. The lowest BCUT2D eigenvalue weighted by molar-refractivity contribution is 0.252. The molecule has 0 saturated heterocycles. The minimum Gasteiger partial charge on any atom is -0.338 e. The first-order chi connectivity index (χ1) is 10.0. The predicted octanol–water partition coefficient (Wildman–Crippen LogP) is 3.47. The van der Waals surface area contributed by atoms with Gasteiger partial charge in [-0.2, -0.15) is 0 Å². The number of hydrogen-bond acceptors (Lipinski definition) is 1. The summed E-state index contributed by atoms with van der Waals surface area (Å²) in [5.41, 5.74) is 0.903. The second-order valence-corrected chi connectivity index (χ2v) is 4.42. The molecule has 6 heteroatoms. The quantitative estimate of drug-likeness (QED) is 0.890. The Balaban J connectivity index is 1.80. The Morgan fingerprint density at radius 3 is 2.14 bits per heavy atom. The van der Waals surface area contributed by atoms with Crippen LogP contribution in [-0.4, -0.2) is 12.6 Å². The highest BCUT2D eigenvalue weighted by atomic mass is 19.1. The molecule has 0 aliphatic heterocycles. The Morgan fingerprint density at radius 2 is 1.52 bits per heavy atom. The topological polar surface area (TPSA) is 41.1 Å². The van der Waals surface area contributed by atoms with Crippen LogP contribution >= 0.6 is 0 Å². The van der Waals surface area contributed by atoms with Crippen molar-refractivity contribution < 1.29 is 18.0 Å². The van der Waals surface area contributed by atoms with E-state index in [0.29, 0.717) is 13.0 Å². The van der Waals surface area contributed by atoms with Crippen molar-refractivity contribution >= 4 is 11.7 Å². The third-order valence-corrected chi connectivity index (χ3v) is 2.73. The van der Waals surface area contributed by atoms with Crippen LogP contribution in [0.3, 0.4) is 0 Å². The second-order valence-electron chi connectivity index (χ2n) is 4.42. The summed E-state index contributed by atoms with van der Waals surface area (Å²) in [6.45, 7) is 0.315. The Hall–Kier alpha value is -2.50. The van der Waals surface area contributed by atoms with Crippen molar-refractivity contribution in [2.24, 2.45) is 0 Å². The number of rotatable bonds is 4. The number of halogens is 3. The van der Waals surface area contributed by atoms with E-state index in [1.165, 1.54) is 12.1 Å². The minimum atomic E-state index is -0.767. The number of nitrogens with one attached hydrogen (secondary N) is 2. The summed E-state index contributed by atoms with van der Waals surface area (Å²) in [4.78, 5) is 11.6. The summed E-state index contributed by atoms with van der Waals surface area (Å²) < 4.78 is 38.6. The van der Waals surface area contributed by atoms with Crippen molar-refractivity contribution in [1.82, 2.24) is 5.32 Å². The average molecular weight is 294 g/mol. The average Bonchev–Trinajstić information content (AvgIpc) is 2.39. The highest BCUT2D eigenvalue weighted by molar-refractivity contribution is 5.89. The number of carbonyl (C=O) groups excluding carboxylic acids is 1. The molecule has 0 unspecified atom stereocenters. The van der Waals surface area contributed by atoms with Crippen LogP contribution in [0.15, 0.2) is 42.5 Å². The lowest BCUT2D eigenvalue weighted by Gasteiger charge is -2.08. The molecular weight excluding hydrogens is 281 g/mol. The van der Waals surface area contributed by atoms with E-state index < -0.39 is 17.7 Å². The molecule has 0 saturated carbocycles. The first kappa shape index (κ1) is 14.9. The molecule has 0 radical (unpaired) electrons. The van der Waals surface area contributed by atoms with E-state index >= 15 is 0 Å². The standard InChI is InChI=1S/C15H13F3N2O/c16-11-3-1-10(2-4-11)5-6-19-15(21)20-14-8-12(17)7-13(18)9-14/h1-4,7-9H,5-6H2,(H2,19,20,21). The summed E-state index contributed by atoms with van der Waals surface area (Å²) in [7, 11) is 0. The Morgan fingerprint density at radius 1 is 0.905 bits per heavy atom. The largest absolute Gasteiger partial charge is 0.338 e. The first-order valence-corrected chi connectivity index (χ1v) is 6.28. The molecule has 0 atom stereocenters. The maximum atomic E-state index is 12.9. The van der Waals surface area contributed by atoms with Crippen LogP contribution in [0.5, 0.6) is 0 Å². The molecule has 0 aliphatic carbocycles. The van der Waals surface area contributed by atoms with Gasteiger partial charge in [0.2, 0.25) is 0 Å². The fourth-order valence-corrected chi connectivity index (χ4v) is 1.77. The molecule has 2 N–H and O–H groups in total. The molecule has 21 heavy (non-hydrogen) atoms. The van der Waals surface area contributed by atoms with Gasteiger partial charge in [-0.25, -0.2) is 18.0 Å². The summed E-state index contributed by atoms with van der Waals surface area (Å²) in [6.07, 6.45) is 0.519. The second kappa shape index (κ2) is 6.78. The van der Waals surface area contributed by atoms with E-state index in [-0.39, 0.29) is 11.5 Å². The maximum absolute atomic E-state index is 12.9. The van der Waals surface area contributed by atoms with Crippen LogP contribution in [0.25, 0.3) is 0 Å². The lowest BCUT2D eigenvalue weighted by Crippen LogP contribution is -2.30. The van der Waals surface area contributed by atoms with Crippen molar-refractivity contribution in [3.63, 3.8) is 0 Å². The van der Waals surface area contributed by atoms with E-state index in [1.807, 2.05) is 0 Å². The third-order valence-electron chi connectivity index (χ3n) is 2.73. The van der Waals surface area contributed by atoms with Gasteiger partial charge in [0.15, 0.2) is 0 Å². The van der Waals surface area contributed by atoms with Gasteiger partial charge in [-0.3, -0.25) is 0 Å². The number of benzene rings is 2. The molecule has 0 bridgehead atoms. The number of hydrogen-bond donors (Lipinski definition) is 2. The van der Waals surface area contributed by atoms with E-state index in [9.17, 15) is 18.0 Å². The van der Waals surface area contributed by atoms with Crippen molar-refractivity contribution in [1.29, 1.82) is 0 Å². The van der Waals surface area contributed by atoms with Crippen molar-refractivity contribution in [3.8, 4) is 0 Å². The molecular formula is C15H13F3N2O. The van der Waals surface area contributed by atoms with Crippen molar-refractivity contribution in [2.75, 3.05) is 11.9 Å². The van der Waals surface area contributed by atoms with Gasteiger partial charge in [-0.1, -0.05) is 12.1 Å². The summed E-state index contributed by atoms with van der Waals surface area (Å²) >= 11 is 0. The van der Waals surface area contributed by atoms with Crippen molar-refractivity contribution in [2.45, 2.75) is 6.42 Å². The Kier molecular flexibility index (Phi) is 4.81. The Labute approximate surface area is 119 Å². The summed E-state index contributed by atoms with van der Waals surface area (Å²) in [5, 5.41) is 4.87. The molecule has 2 aromatic carbocycles. The van der Waals surface area contributed by atoms with Gasteiger partial charge in [-0.05, 0) is 36.2 Å². The summed E-state index contributed by atoms with van der Waals surface area (Å²) in [6, 6.07) is 8.11. The highest BCUT2D eigenvalue weighted by Crippen LogP contribution is 2.12. The highest BCUT2D eigenvalue weighted by Gasteiger charge is 2.05. The number of anilines is 1.